The Kier molecular flexibility index (Phi) is 3.51. The number of halogens is 2. The normalized spacial score (nSPS) is 10.4. The molecule has 5 nitrogen and oxygen atoms in total. The van der Waals surface area contributed by atoms with Crippen LogP contribution in [0.5, 0.6) is 5.75 Å². The monoisotopic (exact) mass is 219 g/mol. The van der Waals surface area contributed by atoms with Gasteiger partial charge in [0.05, 0.1) is 11.5 Å². The van der Waals surface area contributed by atoms with Crippen LogP contribution in [-0.4, -0.2) is 16.6 Å². The van der Waals surface area contributed by atoms with Gasteiger partial charge in [-0.3, -0.25) is 10.1 Å². The standard InChI is InChI=1S/C8H7F2NO4/c9-8(10)15-7-5(4-12)2-1-3-6(7)11(13)14/h1-3,8,12H,4H2. The average Bonchev–Trinajstić information content (AvgIpc) is 2.16. The maximum Gasteiger partial charge on any atom is 0.387 e. The molecule has 1 aromatic carbocycles. The average molecular weight is 219 g/mol. The van der Waals surface area contributed by atoms with Crippen molar-refractivity contribution in [3.63, 3.8) is 0 Å². The molecule has 0 heterocycles. The highest BCUT2D eigenvalue weighted by atomic mass is 19.3. The summed E-state index contributed by atoms with van der Waals surface area (Å²) in [4.78, 5) is 9.62. The molecule has 0 atom stereocenters. The van der Waals surface area contributed by atoms with Crippen molar-refractivity contribution < 1.29 is 23.5 Å². The summed E-state index contributed by atoms with van der Waals surface area (Å²) in [6, 6.07) is 3.57. The largest absolute Gasteiger partial charge is 0.427 e. The first kappa shape index (κ1) is 11.3. The Bertz CT molecular complexity index is 370. The van der Waals surface area contributed by atoms with Crippen LogP contribution in [0.2, 0.25) is 0 Å². The van der Waals surface area contributed by atoms with E-state index in [0.717, 1.165) is 6.07 Å². The highest BCUT2D eigenvalue weighted by Gasteiger charge is 2.21. The Morgan fingerprint density at radius 1 is 1.53 bits per heavy atom. The van der Waals surface area contributed by atoms with E-state index in [0.29, 0.717) is 0 Å². The van der Waals surface area contributed by atoms with E-state index in [1.165, 1.54) is 12.1 Å². The van der Waals surface area contributed by atoms with Crippen molar-refractivity contribution in [2.24, 2.45) is 0 Å². The second-order valence-corrected chi connectivity index (χ2v) is 2.56. The Morgan fingerprint density at radius 2 is 2.20 bits per heavy atom. The lowest BCUT2D eigenvalue weighted by atomic mass is 10.2. The Hall–Kier alpha value is -1.76. The summed E-state index contributed by atoms with van der Waals surface area (Å²) in [6.07, 6.45) is 0. The molecular weight excluding hydrogens is 212 g/mol. The van der Waals surface area contributed by atoms with Gasteiger partial charge < -0.3 is 9.84 Å². The number of ether oxygens (including phenoxy) is 1. The van der Waals surface area contributed by atoms with E-state index >= 15 is 0 Å². The van der Waals surface area contributed by atoms with E-state index in [-0.39, 0.29) is 5.56 Å². The SMILES string of the molecule is O=[N+]([O-])c1cccc(CO)c1OC(F)F. The summed E-state index contributed by atoms with van der Waals surface area (Å²) in [7, 11) is 0. The molecule has 0 amide bonds. The fraction of sp³-hybridized carbons (Fsp3) is 0.250. The maximum absolute atomic E-state index is 12.0. The van der Waals surface area contributed by atoms with E-state index in [1.807, 2.05) is 0 Å². The zero-order valence-electron chi connectivity index (χ0n) is 7.39. The number of alkyl halides is 2. The third-order valence-corrected chi connectivity index (χ3v) is 1.65. The molecule has 0 aliphatic rings. The minimum absolute atomic E-state index is 0.0514. The highest BCUT2D eigenvalue weighted by molar-refractivity contribution is 5.51. The molecule has 0 aliphatic carbocycles. The molecule has 7 heteroatoms. The Morgan fingerprint density at radius 3 is 2.67 bits per heavy atom. The summed E-state index contributed by atoms with van der Waals surface area (Å²) < 4.78 is 27.9. The number of nitro benzene ring substituents is 1. The Labute approximate surface area is 83.1 Å². The van der Waals surface area contributed by atoms with Gasteiger partial charge >= 0.3 is 12.3 Å². The lowest BCUT2D eigenvalue weighted by Crippen LogP contribution is -2.07. The van der Waals surface area contributed by atoms with Gasteiger partial charge in [0.15, 0.2) is 0 Å². The summed E-state index contributed by atoms with van der Waals surface area (Å²) in [6.45, 7) is -3.78. The predicted octanol–water partition coefficient (Wildman–Crippen LogP) is 1.69. The third kappa shape index (κ3) is 2.59. The maximum atomic E-state index is 12.0. The van der Waals surface area contributed by atoms with Gasteiger partial charge in [0, 0.05) is 11.6 Å². The first-order chi connectivity index (χ1) is 7.06. The smallest absolute Gasteiger partial charge is 0.387 e. The minimum atomic E-state index is -3.17. The molecule has 0 radical (unpaired) electrons. The molecule has 0 unspecified atom stereocenters. The van der Waals surface area contributed by atoms with E-state index in [9.17, 15) is 18.9 Å². The molecule has 1 N–H and O–H groups in total. The van der Waals surface area contributed by atoms with E-state index in [1.54, 1.807) is 0 Å². The zero-order valence-corrected chi connectivity index (χ0v) is 7.39. The van der Waals surface area contributed by atoms with Crippen LogP contribution in [0, 0.1) is 10.1 Å². The van der Waals surface area contributed by atoms with Gasteiger partial charge in [0.1, 0.15) is 0 Å². The van der Waals surface area contributed by atoms with E-state index < -0.39 is 29.6 Å². The molecule has 0 spiro atoms. The molecule has 15 heavy (non-hydrogen) atoms. The summed E-state index contributed by atoms with van der Waals surface area (Å²) in [5, 5.41) is 19.3. The Balaban J connectivity index is 3.20. The third-order valence-electron chi connectivity index (χ3n) is 1.65. The molecule has 1 rings (SSSR count). The molecular formula is C8H7F2NO4. The predicted molar refractivity (Wildman–Crippen MR) is 45.7 cm³/mol. The van der Waals surface area contributed by atoms with Crippen LogP contribution in [0.4, 0.5) is 14.5 Å². The fourth-order valence-electron chi connectivity index (χ4n) is 1.06. The van der Waals surface area contributed by atoms with Crippen molar-refractivity contribution in [2.45, 2.75) is 13.2 Å². The quantitative estimate of drug-likeness (QED) is 0.617. The number of benzene rings is 1. The topological polar surface area (TPSA) is 72.6 Å². The van der Waals surface area contributed by atoms with Crippen LogP contribution < -0.4 is 4.74 Å². The van der Waals surface area contributed by atoms with Crippen molar-refractivity contribution in [1.82, 2.24) is 0 Å². The van der Waals surface area contributed by atoms with Gasteiger partial charge in [0.25, 0.3) is 0 Å². The highest BCUT2D eigenvalue weighted by Crippen LogP contribution is 2.32. The first-order valence-corrected chi connectivity index (χ1v) is 3.88. The minimum Gasteiger partial charge on any atom is -0.427 e. The lowest BCUT2D eigenvalue weighted by molar-refractivity contribution is -0.386. The second kappa shape index (κ2) is 4.65. The van der Waals surface area contributed by atoms with Crippen molar-refractivity contribution in [2.75, 3.05) is 0 Å². The lowest BCUT2D eigenvalue weighted by Gasteiger charge is -2.08. The van der Waals surface area contributed by atoms with E-state index in [2.05, 4.69) is 4.74 Å². The van der Waals surface area contributed by atoms with Crippen LogP contribution in [-0.2, 0) is 6.61 Å². The molecule has 0 saturated carbocycles. The van der Waals surface area contributed by atoms with Crippen molar-refractivity contribution in [3.8, 4) is 5.75 Å². The molecule has 82 valence electrons. The van der Waals surface area contributed by atoms with Crippen LogP contribution in [0.15, 0.2) is 18.2 Å². The number of nitrogens with zero attached hydrogens (tertiary/aromatic N) is 1. The van der Waals surface area contributed by atoms with Crippen LogP contribution in [0.1, 0.15) is 5.56 Å². The molecule has 0 bridgehead atoms. The van der Waals surface area contributed by atoms with Crippen molar-refractivity contribution >= 4 is 5.69 Å². The van der Waals surface area contributed by atoms with Crippen molar-refractivity contribution in [3.05, 3.63) is 33.9 Å². The molecule has 0 saturated heterocycles. The van der Waals surface area contributed by atoms with Gasteiger partial charge in [-0.05, 0) is 0 Å². The van der Waals surface area contributed by atoms with Gasteiger partial charge in [-0.25, -0.2) is 0 Å². The van der Waals surface area contributed by atoms with Gasteiger partial charge in [-0.2, -0.15) is 8.78 Å². The number of nitro groups is 1. The van der Waals surface area contributed by atoms with E-state index in [4.69, 9.17) is 5.11 Å². The summed E-state index contributed by atoms with van der Waals surface area (Å²) in [5.41, 5.74) is -0.647. The number of hydrogen-bond acceptors (Lipinski definition) is 4. The van der Waals surface area contributed by atoms with Gasteiger partial charge in [-0.15, -0.1) is 0 Å². The number of aliphatic hydroxyl groups is 1. The molecule has 0 fully saturated rings. The van der Waals surface area contributed by atoms with Gasteiger partial charge in [-0.1, -0.05) is 12.1 Å². The fourth-order valence-corrected chi connectivity index (χ4v) is 1.06. The van der Waals surface area contributed by atoms with Crippen molar-refractivity contribution in [1.29, 1.82) is 0 Å². The number of rotatable bonds is 4. The second-order valence-electron chi connectivity index (χ2n) is 2.56. The summed E-state index contributed by atoms with van der Waals surface area (Å²) >= 11 is 0. The summed E-state index contributed by atoms with van der Waals surface area (Å²) in [5.74, 6) is -0.597. The number of para-hydroxylation sites is 1. The van der Waals surface area contributed by atoms with Crippen LogP contribution >= 0.6 is 0 Å². The van der Waals surface area contributed by atoms with Crippen LogP contribution in [0.25, 0.3) is 0 Å². The molecule has 1 aromatic rings. The zero-order chi connectivity index (χ0) is 11.4. The van der Waals surface area contributed by atoms with Gasteiger partial charge in [0.2, 0.25) is 5.75 Å². The molecule has 0 aliphatic heterocycles. The van der Waals surface area contributed by atoms with Crippen LogP contribution in [0.3, 0.4) is 0 Å². The number of aliphatic hydroxyl groups excluding tert-OH is 1. The molecule has 0 aromatic heterocycles. The number of hydrogen-bond donors (Lipinski definition) is 1. The first-order valence-electron chi connectivity index (χ1n) is 3.88.